The van der Waals surface area contributed by atoms with Crippen LogP contribution in [0, 0.1) is 11.3 Å². The van der Waals surface area contributed by atoms with Crippen molar-refractivity contribution in [2.75, 3.05) is 5.88 Å². The molecule has 0 spiro atoms. The van der Waals surface area contributed by atoms with Crippen LogP contribution in [0.25, 0.3) is 0 Å². The maximum absolute atomic E-state index is 11.1. The van der Waals surface area contributed by atoms with E-state index in [1.165, 1.54) is 0 Å². The molecule has 2 nitrogen and oxygen atoms in total. The van der Waals surface area contributed by atoms with E-state index in [-0.39, 0.29) is 18.1 Å². The molecule has 4 heteroatoms. The fourth-order valence-electron chi connectivity index (χ4n) is 1.06. The van der Waals surface area contributed by atoms with E-state index in [9.17, 15) is 4.79 Å². The van der Waals surface area contributed by atoms with Crippen LogP contribution in [0.4, 0.5) is 0 Å². The van der Waals surface area contributed by atoms with Gasteiger partial charge < -0.3 is 0 Å². The zero-order chi connectivity index (χ0) is 10.6. The van der Waals surface area contributed by atoms with Gasteiger partial charge in [-0.1, -0.05) is 12.1 Å². The molecule has 0 aliphatic rings. The van der Waals surface area contributed by atoms with E-state index in [0.717, 1.165) is 5.56 Å². The summed E-state index contributed by atoms with van der Waals surface area (Å²) in [4.78, 5) is 11.1. The third-order valence-electron chi connectivity index (χ3n) is 1.74. The number of alkyl halides is 1. The summed E-state index contributed by atoms with van der Waals surface area (Å²) in [6, 6.07) is 7.28. The maximum Gasteiger partial charge on any atom is 0.151 e. The number of benzene rings is 1. The smallest absolute Gasteiger partial charge is 0.151 e. The van der Waals surface area contributed by atoms with E-state index >= 15 is 0 Å². The van der Waals surface area contributed by atoms with Crippen molar-refractivity contribution in [2.24, 2.45) is 0 Å². The number of nitriles is 1. The van der Waals surface area contributed by atoms with E-state index in [2.05, 4.69) is 15.9 Å². The molecule has 0 saturated carbocycles. The first kappa shape index (κ1) is 11.2. The Morgan fingerprint density at radius 1 is 1.57 bits per heavy atom. The van der Waals surface area contributed by atoms with Gasteiger partial charge in [0.15, 0.2) is 5.78 Å². The van der Waals surface area contributed by atoms with Gasteiger partial charge in [0.25, 0.3) is 0 Å². The highest BCUT2D eigenvalue weighted by molar-refractivity contribution is 9.10. The van der Waals surface area contributed by atoms with E-state index in [1.807, 2.05) is 6.07 Å². The summed E-state index contributed by atoms with van der Waals surface area (Å²) < 4.78 is 0.681. The molecular weight excluding hydrogens is 265 g/mol. The van der Waals surface area contributed by atoms with Crippen molar-refractivity contribution >= 4 is 33.3 Å². The number of halogens is 2. The third kappa shape index (κ3) is 2.57. The molecule has 0 heterocycles. The second-order valence-corrected chi connectivity index (χ2v) is 3.80. The Kier molecular flexibility index (Phi) is 4.12. The van der Waals surface area contributed by atoms with Crippen molar-refractivity contribution in [1.29, 1.82) is 5.26 Å². The highest BCUT2D eigenvalue weighted by atomic mass is 79.9. The van der Waals surface area contributed by atoms with Gasteiger partial charge in [0, 0.05) is 10.9 Å². The van der Waals surface area contributed by atoms with E-state index < -0.39 is 0 Å². The minimum Gasteiger partial charge on any atom is -0.298 e. The van der Waals surface area contributed by atoms with Crippen molar-refractivity contribution in [3.05, 3.63) is 33.8 Å². The van der Waals surface area contributed by atoms with Gasteiger partial charge >= 0.3 is 0 Å². The molecular formula is C10H7BrClNO. The van der Waals surface area contributed by atoms with Crippen molar-refractivity contribution < 1.29 is 4.79 Å². The van der Waals surface area contributed by atoms with Crippen molar-refractivity contribution in [2.45, 2.75) is 6.42 Å². The lowest BCUT2D eigenvalue weighted by atomic mass is 10.1. The van der Waals surface area contributed by atoms with Crippen LogP contribution in [-0.4, -0.2) is 11.7 Å². The van der Waals surface area contributed by atoms with Crippen molar-refractivity contribution in [1.82, 2.24) is 0 Å². The molecule has 0 aromatic heterocycles. The minimum atomic E-state index is -0.0533. The van der Waals surface area contributed by atoms with Gasteiger partial charge in [-0.25, -0.2) is 0 Å². The Bertz CT molecular complexity index is 398. The van der Waals surface area contributed by atoms with Crippen LogP contribution >= 0.6 is 27.5 Å². The Hall–Kier alpha value is -0.850. The van der Waals surface area contributed by atoms with Crippen molar-refractivity contribution in [3.63, 3.8) is 0 Å². The Morgan fingerprint density at radius 2 is 2.29 bits per heavy atom. The molecule has 0 amide bonds. The lowest BCUT2D eigenvalue weighted by Crippen LogP contribution is -2.04. The standard InChI is InChI=1S/C10H7BrClNO/c11-10-7(4-9(14)5-12)2-1-3-8(10)6-13/h1-3H,4-5H2. The van der Waals surface area contributed by atoms with Gasteiger partial charge in [0.2, 0.25) is 0 Å². The molecule has 0 radical (unpaired) electrons. The summed E-state index contributed by atoms with van der Waals surface area (Å²) in [5.41, 5.74) is 1.33. The molecule has 0 bridgehead atoms. The van der Waals surface area contributed by atoms with E-state index in [1.54, 1.807) is 18.2 Å². The van der Waals surface area contributed by atoms with Crippen LogP contribution in [0.15, 0.2) is 22.7 Å². The van der Waals surface area contributed by atoms with Gasteiger partial charge in [0.1, 0.15) is 6.07 Å². The Morgan fingerprint density at radius 3 is 2.86 bits per heavy atom. The number of carbonyl (C=O) groups excluding carboxylic acids is 1. The molecule has 0 aliphatic heterocycles. The van der Waals surface area contributed by atoms with Gasteiger partial charge in [0.05, 0.1) is 11.4 Å². The molecule has 72 valence electrons. The molecule has 14 heavy (non-hydrogen) atoms. The second-order valence-electron chi connectivity index (χ2n) is 2.74. The number of nitrogens with zero attached hydrogens (tertiary/aromatic N) is 1. The molecule has 0 aliphatic carbocycles. The Labute approximate surface area is 95.6 Å². The predicted molar refractivity (Wildman–Crippen MR) is 58.3 cm³/mol. The molecule has 1 aromatic rings. The quantitative estimate of drug-likeness (QED) is 0.794. The van der Waals surface area contributed by atoms with Crippen LogP contribution in [0.2, 0.25) is 0 Å². The summed E-state index contributed by atoms with van der Waals surface area (Å²) in [5, 5.41) is 8.74. The fraction of sp³-hybridized carbons (Fsp3) is 0.200. The van der Waals surface area contributed by atoms with Gasteiger partial charge in [-0.05, 0) is 27.6 Å². The first-order chi connectivity index (χ1) is 6.69. The maximum atomic E-state index is 11.1. The lowest BCUT2D eigenvalue weighted by molar-refractivity contribution is -0.116. The third-order valence-corrected chi connectivity index (χ3v) is 2.97. The van der Waals surface area contributed by atoms with Crippen LogP contribution < -0.4 is 0 Å². The minimum absolute atomic E-state index is 0.00320. The van der Waals surface area contributed by atoms with Gasteiger partial charge in [-0.15, -0.1) is 11.6 Å². The van der Waals surface area contributed by atoms with Gasteiger partial charge in [-0.3, -0.25) is 4.79 Å². The van der Waals surface area contributed by atoms with Crippen LogP contribution in [-0.2, 0) is 11.2 Å². The number of ketones is 1. The fourth-order valence-corrected chi connectivity index (χ4v) is 1.65. The molecule has 1 aromatic carbocycles. The topological polar surface area (TPSA) is 40.9 Å². The van der Waals surface area contributed by atoms with Crippen LogP contribution in [0.5, 0.6) is 0 Å². The van der Waals surface area contributed by atoms with Crippen molar-refractivity contribution in [3.8, 4) is 6.07 Å². The number of hydrogen-bond acceptors (Lipinski definition) is 2. The van der Waals surface area contributed by atoms with E-state index in [0.29, 0.717) is 10.0 Å². The predicted octanol–water partition coefficient (Wildman–Crippen LogP) is 2.67. The first-order valence-corrected chi connectivity index (χ1v) is 5.27. The summed E-state index contributed by atoms with van der Waals surface area (Å²) in [5.74, 6) is -0.0501. The molecule has 1 rings (SSSR count). The summed E-state index contributed by atoms with van der Waals surface area (Å²) >= 11 is 8.68. The summed E-state index contributed by atoms with van der Waals surface area (Å²) in [6.07, 6.45) is 0.263. The van der Waals surface area contributed by atoms with Crippen LogP contribution in [0.3, 0.4) is 0 Å². The molecule has 0 unspecified atom stereocenters. The summed E-state index contributed by atoms with van der Waals surface area (Å²) in [6.45, 7) is 0. The number of Topliss-reactive ketones (excluding diaryl/α,β-unsaturated/α-hetero) is 1. The first-order valence-electron chi connectivity index (χ1n) is 3.94. The highest BCUT2D eigenvalue weighted by Crippen LogP contribution is 2.21. The number of rotatable bonds is 3. The number of hydrogen-bond donors (Lipinski definition) is 0. The zero-order valence-electron chi connectivity index (χ0n) is 7.26. The second kappa shape index (κ2) is 5.14. The lowest BCUT2D eigenvalue weighted by Gasteiger charge is -2.03. The average Bonchev–Trinajstić information content (AvgIpc) is 2.21. The average molecular weight is 273 g/mol. The van der Waals surface area contributed by atoms with Crippen LogP contribution in [0.1, 0.15) is 11.1 Å². The Balaban J connectivity index is 2.99. The molecule has 0 N–H and O–H groups in total. The van der Waals surface area contributed by atoms with Gasteiger partial charge in [-0.2, -0.15) is 5.26 Å². The highest BCUT2D eigenvalue weighted by Gasteiger charge is 2.08. The molecule has 0 atom stereocenters. The molecule has 0 fully saturated rings. The zero-order valence-corrected chi connectivity index (χ0v) is 9.60. The molecule has 0 saturated heterocycles. The summed E-state index contributed by atoms with van der Waals surface area (Å²) in [7, 11) is 0. The normalized spacial score (nSPS) is 9.50. The van der Waals surface area contributed by atoms with E-state index in [4.69, 9.17) is 16.9 Å². The SMILES string of the molecule is N#Cc1cccc(CC(=O)CCl)c1Br. The largest absolute Gasteiger partial charge is 0.298 e. The monoisotopic (exact) mass is 271 g/mol. The number of carbonyl (C=O) groups is 1.